The molecule has 2 aromatic rings. The van der Waals surface area contributed by atoms with Crippen LogP contribution in [0.15, 0.2) is 30.3 Å². The molecule has 0 heterocycles. The summed E-state index contributed by atoms with van der Waals surface area (Å²) < 4.78 is 18.8. The maximum atomic E-state index is 13.4. The molecular formula is C15H16FNO. The van der Waals surface area contributed by atoms with E-state index in [-0.39, 0.29) is 5.82 Å². The highest BCUT2D eigenvalue weighted by Crippen LogP contribution is 2.37. The second-order valence-electron chi connectivity index (χ2n) is 4.39. The van der Waals surface area contributed by atoms with E-state index in [1.807, 2.05) is 26.0 Å². The van der Waals surface area contributed by atoms with Crippen molar-refractivity contribution < 1.29 is 9.13 Å². The van der Waals surface area contributed by atoms with Gasteiger partial charge in [0, 0.05) is 16.8 Å². The van der Waals surface area contributed by atoms with Gasteiger partial charge in [-0.2, -0.15) is 0 Å². The normalized spacial score (nSPS) is 10.4. The van der Waals surface area contributed by atoms with Crippen LogP contribution in [0.2, 0.25) is 0 Å². The molecule has 0 spiro atoms. The Hall–Kier alpha value is -2.03. The number of rotatable bonds is 2. The van der Waals surface area contributed by atoms with Crippen molar-refractivity contribution in [1.82, 2.24) is 0 Å². The largest absolute Gasteiger partial charge is 0.496 e. The molecule has 2 aromatic carbocycles. The lowest BCUT2D eigenvalue weighted by Gasteiger charge is -2.15. The van der Waals surface area contributed by atoms with Crippen LogP contribution in [0.4, 0.5) is 10.1 Å². The molecule has 0 aliphatic rings. The van der Waals surface area contributed by atoms with Crippen molar-refractivity contribution in [2.75, 3.05) is 12.8 Å². The number of hydrogen-bond donors (Lipinski definition) is 1. The van der Waals surface area contributed by atoms with Crippen LogP contribution in [0.25, 0.3) is 11.1 Å². The molecule has 0 atom stereocenters. The first-order valence-electron chi connectivity index (χ1n) is 5.73. The fourth-order valence-electron chi connectivity index (χ4n) is 2.18. The van der Waals surface area contributed by atoms with Gasteiger partial charge in [0.2, 0.25) is 0 Å². The van der Waals surface area contributed by atoms with Crippen LogP contribution in [0.1, 0.15) is 11.1 Å². The fraction of sp³-hybridized carbons (Fsp3) is 0.200. The van der Waals surface area contributed by atoms with Gasteiger partial charge >= 0.3 is 0 Å². The molecule has 0 aliphatic heterocycles. The highest BCUT2D eigenvalue weighted by molar-refractivity contribution is 5.83. The van der Waals surface area contributed by atoms with Gasteiger partial charge in [-0.1, -0.05) is 6.07 Å². The van der Waals surface area contributed by atoms with Crippen LogP contribution in [0, 0.1) is 19.7 Å². The Kier molecular flexibility index (Phi) is 3.24. The summed E-state index contributed by atoms with van der Waals surface area (Å²) in [5, 5.41) is 0. The van der Waals surface area contributed by atoms with Crippen molar-refractivity contribution >= 4 is 5.69 Å². The van der Waals surface area contributed by atoms with Gasteiger partial charge in [0.25, 0.3) is 0 Å². The first-order chi connectivity index (χ1) is 8.52. The Morgan fingerprint density at radius 3 is 2.50 bits per heavy atom. The Balaban J connectivity index is 2.74. The quantitative estimate of drug-likeness (QED) is 0.819. The van der Waals surface area contributed by atoms with Gasteiger partial charge < -0.3 is 10.5 Å². The van der Waals surface area contributed by atoms with Crippen molar-refractivity contribution in [2.45, 2.75) is 13.8 Å². The molecule has 0 aromatic heterocycles. The number of nitrogen functional groups attached to an aromatic ring is 1. The van der Waals surface area contributed by atoms with Gasteiger partial charge in [-0.3, -0.25) is 0 Å². The molecule has 18 heavy (non-hydrogen) atoms. The smallest absolute Gasteiger partial charge is 0.127 e. The molecule has 0 aliphatic carbocycles. The third-order valence-corrected chi connectivity index (χ3v) is 2.95. The third-order valence-electron chi connectivity index (χ3n) is 2.95. The maximum Gasteiger partial charge on any atom is 0.127 e. The number of benzene rings is 2. The van der Waals surface area contributed by atoms with E-state index in [1.54, 1.807) is 13.2 Å². The average molecular weight is 245 g/mol. The SMILES string of the molecule is COc1cc(C)cc(C)c1-c1cc(F)ccc1N. The number of anilines is 1. The molecule has 0 radical (unpaired) electrons. The Morgan fingerprint density at radius 2 is 1.83 bits per heavy atom. The molecule has 0 saturated carbocycles. The molecule has 0 amide bonds. The zero-order valence-corrected chi connectivity index (χ0v) is 10.8. The van der Waals surface area contributed by atoms with Crippen molar-refractivity contribution in [3.05, 3.63) is 47.3 Å². The molecule has 2 rings (SSSR count). The highest BCUT2D eigenvalue weighted by Gasteiger charge is 2.13. The minimum absolute atomic E-state index is 0.304. The molecule has 3 heteroatoms. The Bertz CT molecular complexity index is 593. The van der Waals surface area contributed by atoms with Crippen LogP contribution in [-0.2, 0) is 0 Å². The van der Waals surface area contributed by atoms with Gasteiger partial charge in [-0.15, -0.1) is 0 Å². The van der Waals surface area contributed by atoms with Gasteiger partial charge in [0.05, 0.1) is 7.11 Å². The predicted molar refractivity (Wildman–Crippen MR) is 72.3 cm³/mol. The monoisotopic (exact) mass is 245 g/mol. The summed E-state index contributed by atoms with van der Waals surface area (Å²) in [4.78, 5) is 0. The van der Waals surface area contributed by atoms with Gasteiger partial charge in [0.15, 0.2) is 0 Å². The molecular weight excluding hydrogens is 229 g/mol. The molecule has 0 saturated heterocycles. The van der Waals surface area contributed by atoms with Crippen molar-refractivity contribution in [3.63, 3.8) is 0 Å². The van der Waals surface area contributed by atoms with E-state index in [0.717, 1.165) is 16.7 Å². The van der Waals surface area contributed by atoms with Crippen LogP contribution in [0.3, 0.4) is 0 Å². The summed E-state index contributed by atoms with van der Waals surface area (Å²) in [7, 11) is 1.60. The van der Waals surface area contributed by atoms with E-state index in [1.165, 1.54) is 12.1 Å². The van der Waals surface area contributed by atoms with Crippen molar-refractivity contribution in [1.29, 1.82) is 0 Å². The van der Waals surface area contributed by atoms with E-state index in [4.69, 9.17) is 10.5 Å². The van der Waals surface area contributed by atoms with Crippen molar-refractivity contribution in [3.8, 4) is 16.9 Å². The third kappa shape index (κ3) is 2.16. The first kappa shape index (κ1) is 12.4. The maximum absolute atomic E-state index is 13.4. The number of aryl methyl sites for hydroxylation is 2. The van der Waals surface area contributed by atoms with Crippen LogP contribution in [0.5, 0.6) is 5.75 Å². The van der Waals surface area contributed by atoms with Crippen LogP contribution < -0.4 is 10.5 Å². The lowest BCUT2D eigenvalue weighted by molar-refractivity contribution is 0.416. The van der Waals surface area contributed by atoms with Crippen LogP contribution >= 0.6 is 0 Å². The topological polar surface area (TPSA) is 35.2 Å². The zero-order chi connectivity index (χ0) is 13.3. The number of nitrogens with two attached hydrogens (primary N) is 1. The molecule has 2 N–H and O–H groups in total. The summed E-state index contributed by atoms with van der Waals surface area (Å²) in [6, 6.07) is 8.32. The van der Waals surface area contributed by atoms with E-state index in [0.29, 0.717) is 17.0 Å². The van der Waals surface area contributed by atoms with E-state index in [9.17, 15) is 4.39 Å². The fourth-order valence-corrected chi connectivity index (χ4v) is 2.18. The van der Waals surface area contributed by atoms with Crippen LogP contribution in [-0.4, -0.2) is 7.11 Å². The number of hydrogen-bond acceptors (Lipinski definition) is 2. The predicted octanol–water partition coefficient (Wildman–Crippen LogP) is 3.70. The summed E-state index contributed by atoms with van der Waals surface area (Å²) in [6.45, 7) is 3.96. The van der Waals surface area contributed by atoms with Crippen molar-refractivity contribution in [2.24, 2.45) is 0 Å². The minimum atomic E-state index is -0.304. The second kappa shape index (κ2) is 4.69. The molecule has 0 bridgehead atoms. The van der Waals surface area contributed by atoms with E-state index in [2.05, 4.69) is 0 Å². The summed E-state index contributed by atoms with van der Waals surface area (Å²) in [5.41, 5.74) is 10.1. The zero-order valence-electron chi connectivity index (χ0n) is 10.8. The van der Waals surface area contributed by atoms with Gasteiger partial charge in [0.1, 0.15) is 11.6 Å². The Labute approximate surface area is 106 Å². The summed E-state index contributed by atoms with van der Waals surface area (Å²) in [5.74, 6) is 0.408. The lowest BCUT2D eigenvalue weighted by atomic mass is 9.96. The summed E-state index contributed by atoms with van der Waals surface area (Å²) >= 11 is 0. The molecule has 94 valence electrons. The molecule has 0 unspecified atom stereocenters. The molecule has 2 nitrogen and oxygen atoms in total. The standard InChI is InChI=1S/C15H16FNO/c1-9-6-10(2)15(14(7-9)18-3)12-8-11(16)4-5-13(12)17/h4-8H,17H2,1-3H3. The minimum Gasteiger partial charge on any atom is -0.496 e. The van der Waals surface area contributed by atoms with Gasteiger partial charge in [-0.05, 0) is 49.2 Å². The summed E-state index contributed by atoms with van der Waals surface area (Å²) in [6.07, 6.45) is 0. The number of halogens is 1. The highest BCUT2D eigenvalue weighted by atomic mass is 19.1. The second-order valence-corrected chi connectivity index (χ2v) is 4.39. The lowest BCUT2D eigenvalue weighted by Crippen LogP contribution is -1.97. The first-order valence-corrected chi connectivity index (χ1v) is 5.73. The van der Waals surface area contributed by atoms with E-state index < -0.39 is 0 Å². The Morgan fingerprint density at radius 1 is 1.11 bits per heavy atom. The van der Waals surface area contributed by atoms with Gasteiger partial charge in [-0.25, -0.2) is 4.39 Å². The number of ether oxygens (including phenoxy) is 1. The molecule has 0 fully saturated rings. The number of methoxy groups -OCH3 is 1. The average Bonchev–Trinajstić information content (AvgIpc) is 2.32. The van der Waals surface area contributed by atoms with E-state index >= 15 is 0 Å².